The molecule has 2 rings (SSSR count). The third-order valence-electron chi connectivity index (χ3n) is 2.70. The second kappa shape index (κ2) is 6.97. The topological polar surface area (TPSA) is 37.8 Å². The summed E-state index contributed by atoms with van der Waals surface area (Å²) in [6.45, 7) is 3.17. The van der Waals surface area contributed by atoms with Crippen molar-refractivity contribution in [3.05, 3.63) is 46.2 Å². The van der Waals surface area contributed by atoms with Crippen LogP contribution in [-0.4, -0.2) is 15.3 Å². The van der Waals surface area contributed by atoms with Crippen LogP contribution in [0.25, 0.3) is 0 Å². The lowest BCUT2D eigenvalue weighted by Gasteiger charge is -2.16. The van der Waals surface area contributed by atoms with E-state index in [1.54, 1.807) is 0 Å². The zero-order chi connectivity index (χ0) is 12.8. The van der Waals surface area contributed by atoms with Crippen molar-refractivity contribution in [2.45, 2.75) is 25.8 Å². The summed E-state index contributed by atoms with van der Waals surface area (Å²) in [7, 11) is 0. The molecule has 0 amide bonds. The summed E-state index contributed by atoms with van der Waals surface area (Å²) in [6, 6.07) is 8.65. The summed E-state index contributed by atoms with van der Waals surface area (Å²) >= 11 is 4.77. The zero-order valence-corrected chi connectivity index (χ0v) is 12.7. The molecule has 0 bridgehead atoms. The molecule has 1 aromatic carbocycles. The summed E-state index contributed by atoms with van der Waals surface area (Å²) in [5.74, 6) is 0. The van der Waals surface area contributed by atoms with Gasteiger partial charge in [0.1, 0.15) is 0 Å². The van der Waals surface area contributed by atoms with E-state index in [4.69, 9.17) is 0 Å². The smallest absolute Gasteiger partial charge is 0.0915 e. The van der Waals surface area contributed by atoms with Gasteiger partial charge in [-0.2, -0.15) is 8.75 Å². The summed E-state index contributed by atoms with van der Waals surface area (Å²) in [5.41, 5.74) is 2.33. The van der Waals surface area contributed by atoms with Crippen molar-refractivity contribution in [3.63, 3.8) is 0 Å². The fourth-order valence-corrected chi connectivity index (χ4v) is 2.74. The predicted octanol–water partition coefficient (Wildman–Crippen LogP) is 3.58. The Morgan fingerprint density at radius 1 is 1.44 bits per heavy atom. The van der Waals surface area contributed by atoms with Gasteiger partial charge in [-0.1, -0.05) is 35.0 Å². The van der Waals surface area contributed by atoms with E-state index in [0.717, 1.165) is 29.6 Å². The monoisotopic (exact) mass is 325 g/mol. The largest absolute Gasteiger partial charge is 0.308 e. The van der Waals surface area contributed by atoms with Crippen molar-refractivity contribution < 1.29 is 0 Å². The Morgan fingerprint density at radius 3 is 3.00 bits per heavy atom. The summed E-state index contributed by atoms with van der Waals surface area (Å²) in [5, 5.41) is 3.53. The molecule has 1 unspecified atom stereocenters. The lowest BCUT2D eigenvalue weighted by molar-refractivity contribution is 0.521. The van der Waals surface area contributed by atoms with Crippen molar-refractivity contribution in [2.75, 3.05) is 6.54 Å². The number of rotatable bonds is 6. The van der Waals surface area contributed by atoms with E-state index >= 15 is 0 Å². The molecule has 1 N–H and O–H groups in total. The minimum absolute atomic E-state index is 0.248. The quantitative estimate of drug-likeness (QED) is 0.882. The molecule has 5 heteroatoms. The van der Waals surface area contributed by atoms with Crippen LogP contribution in [0, 0.1) is 0 Å². The first-order chi connectivity index (χ1) is 8.79. The SMILES string of the molecule is CCCNC(Cc1cccc(Br)c1)c1cnsn1. The minimum Gasteiger partial charge on any atom is -0.308 e. The van der Waals surface area contributed by atoms with Gasteiger partial charge in [-0.3, -0.25) is 0 Å². The van der Waals surface area contributed by atoms with E-state index in [2.05, 4.69) is 55.1 Å². The fourth-order valence-electron chi connectivity index (χ4n) is 1.82. The van der Waals surface area contributed by atoms with Gasteiger partial charge in [0.15, 0.2) is 0 Å². The fraction of sp³-hybridized carbons (Fsp3) is 0.385. The normalized spacial score (nSPS) is 12.6. The van der Waals surface area contributed by atoms with Crippen molar-refractivity contribution in [3.8, 4) is 0 Å². The molecule has 96 valence electrons. The molecule has 1 atom stereocenters. The number of halogens is 1. The van der Waals surface area contributed by atoms with Gasteiger partial charge < -0.3 is 5.32 Å². The first-order valence-electron chi connectivity index (χ1n) is 6.05. The number of aromatic nitrogens is 2. The van der Waals surface area contributed by atoms with Crippen LogP contribution in [0.3, 0.4) is 0 Å². The summed E-state index contributed by atoms with van der Waals surface area (Å²) < 4.78 is 9.55. The van der Waals surface area contributed by atoms with Gasteiger partial charge in [0.2, 0.25) is 0 Å². The molecule has 3 nitrogen and oxygen atoms in total. The molecule has 0 spiro atoms. The van der Waals surface area contributed by atoms with E-state index in [1.807, 2.05) is 12.3 Å². The number of nitrogens with one attached hydrogen (secondary N) is 1. The lowest BCUT2D eigenvalue weighted by Crippen LogP contribution is -2.24. The van der Waals surface area contributed by atoms with Gasteiger partial charge in [-0.15, -0.1) is 0 Å². The van der Waals surface area contributed by atoms with Gasteiger partial charge >= 0.3 is 0 Å². The van der Waals surface area contributed by atoms with E-state index in [0.29, 0.717) is 0 Å². The highest BCUT2D eigenvalue weighted by Crippen LogP contribution is 2.19. The number of benzene rings is 1. The van der Waals surface area contributed by atoms with Crippen LogP contribution in [0.5, 0.6) is 0 Å². The lowest BCUT2D eigenvalue weighted by atomic mass is 10.0. The Bertz CT molecular complexity index is 473. The second-order valence-corrected chi connectivity index (χ2v) is 5.65. The van der Waals surface area contributed by atoms with Crippen LogP contribution >= 0.6 is 27.7 Å². The highest BCUT2D eigenvalue weighted by molar-refractivity contribution is 9.10. The average Bonchev–Trinajstić information content (AvgIpc) is 2.88. The molecule has 2 aromatic rings. The molecule has 18 heavy (non-hydrogen) atoms. The highest BCUT2D eigenvalue weighted by atomic mass is 79.9. The van der Waals surface area contributed by atoms with Crippen molar-refractivity contribution >= 4 is 27.7 Å². The Labute approximate surface area is 120 Å². The van der Waals surface area contributed by atoms with Crippen molar-refractivity contribution in [1.82, 2.24) is 14.1 Å². The Kier molecular flexibility index (Phi) is 5.28. The maximum atomic E-state index is 4.34. The van der Waals surface area contributed by atoms with Crippen LogP contribution in [0.1, 0.15) is 30.6 Å². The van der Waals surface area contributed by atoms with Gasteiger partial charge in [0, 0.05) is 4.47 Å². The third kappa shape index (κ3) is 3.86. The molecule has 0 saturated carbocycles. The van der Waals surface area contributed by atoms with E-state index in [1.165, 1.54) is 17.3 Å². The number of hydrogen-bond donors (Lipinski definition) is 1. The molecule has 0 fully saturated rings. The molecule has 1 heterocycles. The third-order valence-corrected chi connectivity index (χ3v) is 3.69. The Hall–Kier alpha value is -0.780. The molecule has 0 radical (unpaired) electrons. The molecule has 0 aliphatic carbocycles. The maximum absolute atomic E-state index is 4.34. The minimum atomic E-state index is 0.248. The maximum Gasteiger partial charge on any atom is 0.0915 e. The molecule has 1 aromatic heterocycles. The first-order valence-corrected chi connectivity index (χ1v) is 7.57. The Balaban J connectivity index is 2.10. The molecule has 0 aliphatic heterocycles. The van der Waals surface area contributed by atoms with Crippen molar-refractivity contribution in [2.24, 2.45) is 0 Å². The zero-order valence-electron chi connectivity index (χ0n) is 10.3. The Morgan fingerprint density at radius 2 is 2.33 bits per heavy atom. The number of nitrogens with zero attached hydrogens (tertiary/aromatic N) is 2. The van der Waals surface area contributed by atoms with Crippen molar-refractivity contribution in [1.29, 1.82) is 0 Å². The highest BCUT2D eigenvalue weighted by Gasteiger charge is 2.14. The standard InChI is InChI=1S/C13H16BrN3S/c1-2-6-15-12(13-9-16-18-17-13)8-10-4-3-5-11(14)7-10/h3-5,7,9,12,15H,2,6,8H2,1H3. The van der Waals surface area contributed by atoms with Gasteiger partial charge in [-0.25, -0.2) is 0 Å². The molecule has 0 saturated heterocycles. The van der Waals surface area contributed by atoms with Crippen LogP contribution in [0.2, 0.25) is 0 Å². The van der Waals surface area contributed by atoms with Gasteiger partial charge in [-0.05, 0) is 37.1 Å². The second-order valence-electron chi connectivity index (χ2n) is 4.17. The predicted molar refractivity (Wildman–Crippen MR) is 78.8 cm³/mol. The van der Waals surface area contributed by atoms with E-state index < -0.39 is 0 Å². The first kappa shape index (κ1) is 13.6. The van der Waals surface area contributed by atoms with E-state index in [9.17, 15) is 0 Å². The molecular formula is C13H16BrN3S. The van der Waals surface area contributed by atoms with E-state index in [-0.39, 0.29) is 6.04 Å². The van der Waals surface area contributed by atoms with Crippen LogP contribution in [-0.2, 0) is 6.42 Å². The number of hydrogen-bond acceptors (Lipinski definition) is 4. The summed E-state index contributed by atoms with van der Waals surface area (Å²) in [4.78, 5) is 0. The average molecular weight is 326 g/mol. The van der Waals surface area contributed by atoms with Crippen LogP contribution in [0.4, 0.5) is 0 Å². The van der Waals surface area contributed by atoms with Crippen LogP contribution in [0.15, 0.2) is 34.9 Å². The van der Waals surface area contributed by atoms with Crippen LogP contribution < -0.4 is 5.32 Å². The van der Waals surface area contributed by atoms with Gasteiger partial charge in [0.25, 0.3) is 0 Å². The summed E-state index contributed by atoms with van der Waals surface area (Å²) in [6.07, 6.45) is 3.91. The molecule has 0 aliphatic rings. The molecular weight excluding hydrogens is 310 g/mol. The van der Waals surface area contributed by atoms with Gasteiger partial charge in [0.05, 0.1) is 29.7 Å².